The largest absolute Gasteiger partial charge is 0.495 e. The van der Waals surface area contributed by atoms with Gasteiger partial charge in [-0.3, -0.25) is 9.78 Å². The molecule has 0 saturated carbocycles. The number of halogens is 2. The van der Waals surface area contributed by atoms with Gasteiger partial charge in [-0.15, -0.1) is 0 Å². The highest BCUT2D eigenvalue weighted by molar-refractivity contribution is 6.41. The van der Waals surface area contributed by atoms with E-state index in [1.54, 1.807) is 18.3 Å². The molecule has 1 saturated heterocycles. The summed E-state index contributed by atoms with van der Waals surface area (Å²) in [5.74, 6) is 0.863. The SMILES string of the molecule is C=CC(=O)NC1CCOCC1Nc1ncc2cc(-c3c(Cl)c(OC)cc(OC)c3Cl)nc(CC(C=N)=C[NH2+]C)c2n1. The van der Waals surface area contributed by atoms with Crippen molar-refractivity contribution in [1.29, 1.82) is 5.41 Å². The van der Waals surface area contributed by atoms with Crippen molar-refractivity contribution in [3.8, 4) is 22.8 Å². The standard InChI is InChI=1S/C28H31Cl2N7O4/c1-5-23(38)35-17-6-7-41-14-20(17)36-28-33-13-16-9-18(24-25(29)21(39-3)10-22(40-4)26(24)30)34-19(27(16)37-28)8-15(11-31)12-32-2/h5,9-13,17,20,31-32H,1,6-8,14H2,2-4H3,(H,35,38)(H,33,36,37)/p+1. The van der Waals surface area contributed by atoms with Crippen molar-refractivity contribution in [2.24, 2.45) is 0 Å². The van der Waals surface area contributed by atoms with E-state index in [0.717, 1.165) is 5.57 Å². The van der Waals surface area contributed by atoms with E-state index < -0.39 is 0 Å². The summed E-state index contributed by atoms with van der Waals surface area (Å²) in [5, 5.41) is 17.3. The number of amides is 1. The van der Waals surface area contributed by atoms with Gasteiger partial charge in [0.25, 0.3) is 0 Å². The number of ether oxygens (including phenoxy) is 3. The summed E-state index contributed by atoms with van der Waals surface area (Å²) < 4.78 is 16.5. The van der Waals surface area contributed by atoms with E-state index in [-0.39, 0.29) is 28.0 Å². The second-order valence-electron chi connectivity index (χ2n) is 9.20. The number of aromatic nitrogens is 3. The molecule has 4 rings (SSSR count). The number of carbonyl (C=O) groups excluding carboxylic acids is 1. The number of nitrogens with one attached hydrogen (secondary N) is 3. The molecule has 3 heterocycles. The number of hydrogen-bond donors (Lipinski definition) is 4. The zero-order valence-corrected chi connectivity index (χ0v) is 24.5. The summed E-state index contributed by atoms with van der Waals surface area (Å²) in [4.78, 5) is 26.2. The van der Waals surface area contributed by atoms with Crippen LogP contribution in [0.1, 0.15) is 12.1 Å². The number of nitrogens with zero attached hydrogens (tertiary/aromatic N) is 3. The minimum Gasteiger partial charge on any atom is -0.495 e. The van der Waals surface area contributed by atoms with Gasteiger partial charge in [0, 0.05) is 48.0 Å². The first-order chi connectivity index (χ1) is 19.8. The monoisotopic (exact) mass is 600 g/mol. The maximum Gasteiger partial charge on any atom is 0.243 e. The number of hydrogen-bond acceptors (Lipinski definition) is 9. The quantitative estimate of drug-likeness (QED) is 0.194. The number of allylic oxidation sites excluding steroid dienone is 1. The first-order valence-electron chi connectivity index (χ1n) is 12.9. The summed E-state index contributed by atoms with van der Waals surface area (Å²) >= 11 is 13.4. The van der Waals surface area contributed by atoms with Gasteiger partial charge in [0.15, 0.2) is 0 Å². The predicted octanol–water partition coefficient (Wildman–Crippen LogP) is 3.16. The van der Waals surface area contributed by atoms with Crippen LogP contribution >= 0.6 is 23.2 Å². The second kappa shape index (κ2) is 13.7. The van der Waals surface area contributed by atoms with Crippen LogP contribution in [0.5, 0.6) is 11.5 Å². The Morgan fingerprint density at radius 3 is 2.59 bits per heavy atom. The first-order valence-corrected chi connectivity index (χ1v) is 13.6. The highest BCUT2D eigenvalue weighted by Gasteiger charge is 2.28. The van der Waals surface area contributed by atoms with Gasteiger partial charge in [-0.25, -0.2) is 9.97 Å². The molecule has 1 aromatic carbocycles. The van der Waals surface area contributed by atoms with E-state index in [9.17, 15) is 4.79 Å². The molecule has 13 heteroatoms. The minimum absolute atomic E-state index is 0.187. The Bertz CT molecular complexity index is 1470. The fraction of sp³-hybridized carbons (Fsp3) is 0.321. The van der Waals surface area contributed by atoms with Crippen LogP contribution in [0, 0.1) is 5.41 Å². The van der Waals surface area contributed by atoms with Crippen molar-refractivity contribution in [3.05, 3.63) is 58.5 Å². The lowest BCUT2D eigenvalue weighted by Gasteiger charge is -2.32. The Hall–Kier alpha value is -3.77. The van der Waals surface area contributed by atoms with E-state index in [1.807, 2.05) is 18.6 Å². The fourth-order valence-corrected chi connectivity index (χ4v) is 5.26. The summed E-state index contributed by atoms with van der Waals surface area (Å²) in [7, 11) is 4.89. The summed E-state index contributed by atoms with van der Waals surface area (Å²) in [6, 6.07) is 2.97. The summed E-state index contributed by atoms with van der Waals surface area (Å²) in [5.41, 5.74) is 2.81. The second-order valence-corrected chi connectivity index (χ2v) is 9.96. The third kappa shape index (κ3) is 6.76. The van der Waals surface area contributed by atoms with Crippen LogP contribution in [0.3, 0.4) is 0 Å². The van der Waals surface area contributed by atoms with E-state index in [1.165, 1.54) is 26.5 Å². The topological polar surface area (TPSA) is 148 Å². The van der Waals surface area contributed by atoms with E-state index in [2.05, 4.69) is 22.2 Å². The summed E-state index contributed by atoms with van der Waals surface area (Å²) in [6.45, 7) is 4.43. The maximum atomic E-state index is 12.0. The van der Waals surface area contributed by atoms with Crippen LogP contribution in [0.15, 0.2) is 42.8 Å². The molecular formula is C28H32Cl2N7O4+. The number of methoxy groups -OCH3 is 2. The minimum atomic E-state index is -0.257. The van der Waals surface area contributed by atoms with Crippen molar-refractivity contribution in [2.45, 2.75) is 24.9 Å². The van der Waals surface area contributed by atoms with Crippen molar-refractivity contribution in [2.75, 3.05) is 39.8 Å². The molecule has 2 atom stereocenters. The van der Waals surface area contributed by atoms with Crippen LogP contribution in [0.25, 0.3) is 22.2 Å². The molecular weight excluding hydrogens is 569 g/mol. The first kappa shape index (κ1) is 30.2. The fourth-order valence-electron chi connectivity index (χ4n) is 4.56. The molecule has 11 nitrogen and oxygen atoms in total. The van der Waals surface area contributed by atoms with Gasteiger partial charge < -0.3 is 35.6 Å². The number of nitrogens with two attached hydrogens (primary N) is 1. The number of benzene rings is 1. The molecule has 0 spiro atoms. The summed E-state index contributed by atoms with van der Waals surface area (Å²) in [6.07, 6.45) is 6.99. The zero-order valence-electron chi connectivity index (χ0n) is 23.0. The zero-order chi connectivity index (χ0) is 29.5. The predicted molar refractivity (Wildman–Crippen MR) is 159 cm³/mol. The van der Waals surface area contributed by atoms with E-state index in [4.69, 9.17) is 52.8 Å². The Labute approximate surface area is 247 Å². The molecule has 0 bridgehead atoms. The van der Waals surface area contributed by atoms with Gasteiger partial charge in [0.2, 0.25) is 11.9 Å². The van der Waals surface area contributed by atoms with Crippen molar-refractivity contribution >= 4 is 52.2 Å². The van der Waals surface area contributed by atoms with E-state index in [0.29, 0.717) is 71.4 Å². The van der Waals surface area contributed by atoms with Gasteiger partial charge in [-0.1, -0.05) is 29.8 Å². The molecule has 1 amide bonds. The number of quaternary nitrogens is 1. The van der Waals surface area contributed by atoms with Gasteiger partial charge in [-0.05, 0) is 18.6 Å². The van der Waals surface area contributed by atoms with Crippen LogP contribution in [-0.4, -0.2) is 73.6 Å². The van der Waals surface area contributed by atoms with Gasteiger partial charge >= 0.3 is 0 Å². The van der Waals surface area contributed by atoms with Crippen LogP contribution < -0.4 is 25.4 Å². The number of anilines is 1. The smallest absolute Gasteiger partial charge is 0.243 e. The van der Waals surface area contributed by atoms with Crippen LogP contribution in [0.4, 0.5) is 5.95 Å². The highest BCUT2D eigenvalue weighted by Crippen LogP contribution is 2.46. The lowest BCUT2D eigenvalue weighted by molar-refractivity contribution is -0.557. The average Bonchev–Trinajstić information content (AvgIpc) is 2.98. The Kier molecular flexibility index (Phi) is 10.1. The maximum absolute atomic E-state index is 12.0. The molecule has 41 heavy (non-hydrogen) atoms. The van der Waals surface area contributed by atoms with E-state index >= 15 is 0 Å². The molecule has 2 unspecified atom stereocenters. The van der Waals surface area contributed by atoms with Crippen molar-refractivity contribution in [3.63, 3.8) is 0 Å². The lowest BCUT2D eigenvalue weighted by atomic mass is 10.0. The molecule has 1 fully saturated rings. The molecule has 0 aliphatic carbocycles. The molecule has 3 aromatic rings. The van der Waals surface area contributed by atoms with Gasteiger partial charge in [-0.2, -0.15) is 0 Å². The lowest BCUT2D eigenvalue weighted by Crippen LogP contribution is -2.73. The molecule has 5 N–H and O–H groups in total. The highest BCUT2D eigenvalue weighted by atomic mass is 35.5. The third-order valence-corrected chi connectivity index (χ3v) is 7.34. The van der Waals surface area contributed by atoms with Crippen LogP contribution in [0.2, 0.25) is 10.0 Å². The molecule has 0 radical (unpaired) electrons. The molecule has 2 aromatic heterocycles. The Balaban J connectivity index is 1.83. The normalized spacial score (nSPS) is 17.1. The van der Waals surface area contributed by atoms with Crippen molar-refractivity contribution < 1.29 is 24.3 Å². The van der Waals surface area contributed by atoms with Gasteiger partial charge in [0.05, 0.1) is 73.1 Å². The molecule has 216 valence electrons. The van der Waals surface area contributed by atoms with Crippen molar-refractivity contribution in [1.82, 2.24) is 20.3 Å². The number of rotatable bonds is 11. The number of fused-ring (bicyclic) bond motifs is 1. The average molecular weight is 602 g/mol. The Morgan fingerprint density at radius 1 is 1.22 bits per heavy atom. The van der Waals surface area contributed by atoms with Gasteiger partial charge in [0.1, 0.15) is 11.5 Å². The third-order valence-electron chi connectivity index (χ3n) is 6.59. The molecule has 1 aliphatic heterocycles. The molecule has 1 aliphatic rings. The van der Waals surface area contributed by atoms with Crippen LogP contribution in [-0.2, 0) is 16.0 Å². The number of carbonyl (C=O) groups is 1. The Morgan fingerprint density at radius 2 is 1.95 bits per heavy atom. The number of pyridine rings is 1.